The molecule has 0 aromatic carbocycles. The lowest BCUT2D eigenvalue weighted by atomic mass is 10.2. The molecule has 0 radical (unpaired) electrons. The summed E-state index contributed by atoms with van der Waals surface area (Å²) in [6, 6.07) is 7.27. The molecule has 0 unspecified atom stereocenters. The minimum absolute atomic E-state index is 0.240. The van der Waals surface area contributed by atoms with Gasteiger partial charge in [-0.25, -0.2) is 4.79 Å². The Labute approximate surface area is 113 Å². The Bertz CT molecular complexity index is 468. The number of carbonyl (C=O) groups excluding carboxylic acids is 1. The van der Waals surface area contributed by atoms with Crippen LogP contribution in [0.3, 0.4) is 0 Å². The van der Waals surface area contributed by atoms with E-state index in [4.69, 9.17) is 0 Å². The number of nitrogens with one attached hydrogen (secondary N) is 2. The van der Waals surface area contributed by atoms with E-state index in [-0.39, 0.29) is 6.03 Å². The van der Waals surface area contributed by atoms with Crippen LogP contribution in [0, 0.1) is 0 Å². The number of rotatable bonds is 5. The number of urea groups is 1. The summed E-state index contributed by atoms with van der Waals surface area (Å²) in [5.41, 5.74) is 0. The Balaban J connectivity index is 1.67. The zero-order valence-corrected chi connectivity index (χ0v) is 11.3. The second-order valence-electron chi connectivity index (χ2n) is 3.68. The molecule has 0 aliphatic rings. The monoisotopic (exact) mass is 282 g/mol. The SMILES string of the molecule is O=C(NCC[C@@H](O)c1cccs1)Nc1cccs1. The first-order valence-electron chi connectivity index (χ1n) is 5.55. The Hall–Kier alpha value is -1.37. The third-order valence-corrected chi connectivity index (χ3v) is 4.09. The van der Waals surface area contributed by atoms with Crippen molar-refractivity contribution in [3.05, 3.63) is 39.9 Å². The number of aliphatic hydroxyl groups excluding tert-OH is 1. The number of aliphatic hydroxyl groups is 1. The third kappa shape index (κ3) is 3.83. The van der Waals surface area contributed by atoms with Crippen LogP contribution >= 0.6 is 22.7 Å². The van der Waals surface area contributed by atoms with Crippen molar-refractivity contribution < 1.29 is 9.90 Å². The second-order valence-corrected chi connectivity index (χ2v) is 5.61. The molecule has 18 heavy (non-hydrogen) atoms. The highest BCUT2D eigenvalue weighted by Crippen LogP contribution is 2.21. The lowest BCUT2D eigenvalue weighted by Gasteiger charge is -2.09. The van der Waals surface area contributed by atoms with Crippen molar-refractivity contribution in [3.8, 4) is 0 Å². The van der Waals surface area contributed by atoms with Crippen molar-refractivity contribution in [3.63, 3.8) is 0 Å². The van der Waals surface area contributed by atoms with E-state index < -0.39 is 6.10 Å². The summed E-state index contributed by atoms with van der Waals surface area (Å²) in [7, 11) is 0. The molecule has 1 atom stereocenters. The van der Waals surface area contributed by atoms with E-state index in [9.17, 15) is 9.90 Å². The average molecular weight is 282 g/mol. The Morgan fingerprint density at radius 2 is 2.06 bits per heavy atom. The molecule has 6 heteroatoms. The highest BCUT2D eigenvalue weighted by Gasteiger charge is 2.09. The molecule has 2 aromatic rings. The normalized spacial score (nSPS) is 12.1. The second kappa shape index (κ2) is 6.53. The lowest BCUT2D eigenvalue weighted by molar-refractivity contribution is 0.171. The molecule has 0 saturated carbocycles. The molecule has 0 aliphatic heterocycles. The van der Waals surface area contributed by atoms with Crippen LogP contribution in [0.15, 0.2) is 35.0 Å². The van der Waals surface area contributed by atoms with Gasteiger partial charge in [0.25, 0.3) is 0 Å². The minimum atomic E-state index is -0.507. The van der Waals surface area contributed by atoms with Crippen LogP contribution in [0.1, 0.15) is 17.4 Å². The van der Waals surface area contributed by atoms with Crippen molar-refractivity contribution in [2.24, 2.45) is 0 Å². The standard InChI is InChI=1S/C12H14N2O2S2/c15-9(10-3-1-7-17-10)5-6-13-12(16)14-11-4-2-8-18-11/h1-4,7-9,15H,5-6H2,(H2,13,14,16)/t9-/m1/s1. The van der Waals surface area contributed by atoms with Gasteiger partial charge in [-0.2, -0.15) is 0 Å². The molecular formula is C12H14N2O2S2. The van der Waals surface area contributed by atoms with Crippen LogP contribution in [0.5, 0.6) is 0 Å². The minimum Gasteiger partial charge on any atom is -0.388 e. The maximum atomic E-state index is 11.5. The zero-order chi connectivity index (χ0) is 12.8. The van der Waals surface area contributed by atoms with Gasteiger partial charge < -0.3 is 10.4 Å². The van der Waals surface area contributed by atoms with E-state index in [1.165, 1.54) is 22.7 Å². The summed E-state index contributed by atoms with van der Waals surface area (Å²) in [5.74, 6) is 0. The summed E-state index contributed by atoms with van der Waals surface area (Å²) in [6.07, 6.45) is 0.00490. The molecule has 2 rings (SSSR count). The van der Waals surface area contributed by atoms with Crippen LogP contribution in [-0.4, -0.2) is 17.7 Å². The quantitative estimate of drug-likeness (QED) is 0.789. The van der Waals surface area contributed by atoms with Crippen LogP contribution in [0.4, 0.5) is 9.80 Å². The fourth-order valence-electron chi connectivity index (χ4n) is 1.45. The Morgan fingerprint density at radius 3 is 2.72 bits per heavy atom. The van der Waals surface area contributed by atoms with Gasteiger partial charge >= 0.3 is 6.03 Å². The maximum Gasteiger partial charge on any atom is 0.319 e. The van der Waals surface area contributed by atoms with Gasteiger partial charge in [-0.15, -0.1) is 22.7 Å². The number of hydrogen-bond acceptors (Lipinski definition) is 4. The lowest BCUT2D eigenvalue weighted by Crippen LogP contribution is -2.29. The highest BCUT2D eigenvalue weighted by atomic mass is 32.1. The summed E-state index contributed by atoms with van der Waals surface area (Å²) in [5, 5.41) is 19.9. The molecule has 0 saturated heterocycles. The zero-order valence-electron chi connectivity index (χ0n) is 9.63. The summed E-state index contributed by atoms with van der Waals surface area (Å²) < 4.78 is 0. The topological polar surface area (TPSA) is 61.4 Å². The maximum absolute atomic E-state index is 11.5. The Morgan fingerprint density at radius 1 is 1.28 bits per heavy atom. The molecule has 4 nitrogen and oxygen atoms in total. The number of thiophene rings is 2. The van der Waals surface area contributed by atoms with Gasteiger partial charge in [-0.3, -0.25) is 5.32 Å². The summed E-state index contributed by atoms with van der Waals surface area (Å²) >= 11 is 2.99. The van der Waals surface area contributed by atoms with Crippen molar-refractivity contribution in [2.75, 3.05) is 11.9 Å². The van der Waals surface area contributed by atoms with E-state index in [0.717, 1.165) is 9.88 Å². The largest absolute Gasteiger partial charge is 0.388 e. The Kier molecular flexibility index (Phi) is 4.74. The first-order valence-corrected chi connectivity index (χ1v) is 7.31. The number of anilines is 1. The van der Waals surface area contributed by atoms with Gasteiger partial charge in [0.2, 0.25) is 0 Å². The smallest absolute Gasteiger partial charge is 0.319 e. The van der Waals surface area contributed by atoms with Crippen molar-refractivity contribution in [1.29, 1.82) is 0 Å². The molecular weight excluding hydrogens is 268 g/mol. The number of amides is 2. The predicted octanol–water partition coefficient (Wildman–Crippen LogP) is 3.05. The van der Waals surface area contributed by atoms with Crippen molar-refractivity contribution >= 4 is 33.7 Å². The molecule has 0 fully saturated rings. The van der Waals surface area contributed by atoms with E-state index in [1.54, 1.807) is 0 Å². The summed E-state index contributed by atoms with van der Waals surface area (Å²) in [4.78, 5) is 12.4. The van der Waals surface area contributed by atoms with Gasteiger partial charge in [0.05, 0.1) is 11.1 Å². The molecule has 2 amide bonds. The van der Waals surface area contributed by atoms with Crippen LogP contribution in [0.2, 0.25) is 0 Å². The van der Waals surface area contributed by atoms with Gasteiger partial charge in [0.1, 0.15) is 0 Å². The average Bonchev–Trinajstić information content (AvgIpc) is 3.00. The van der Waals surface area contributed by atoms with E-state index >= 15 is 0 Å². The number of carbonyl (C=O) groups is 1. The molecule has 0 aliphatic carbocycles. The van der Waals surface area contributed by atoms with E-state index in [1.807, 2.05) is 35.0 Å². The molecule has 96 valence electrons. The first-order chi connectivity index (χ1) is 8.75. The number of hydrogen-bond donors (Lipinski definition) is 3. The van der Waals surface area contributed by atoms with E-state index in [0.29, 0.717) is 13.0 Å². The van der Waals surface area contributed by atoms with Gasteiger partial charge in [0.15, 0.2) is 0 Å². The molecule has 0 bridgehead atoms. The van der Waals surface area contributed by atoms with Crippen LogP contribution in [0.25, 0.3) is 0 Å². The van der Waals surface area contributed by atoms with Crippen molar-refractivity contribution in [2.45, 2.75) is 12.5 Å². The van der Waals surface area contributed by atoms with Gasteiger partial charge in [0, 0.05) is 11.4 Å². The summed E-state index contributed by atoms with van der Waals surface area (Å²) in [6.45, 7) is 0.441. The van der Waals surface area contributed by atoms with Crippen LogP contribution < -0.4 is 10.6 Å². The van der Waals surface area contributed by atoms with Gasteiger partial charge in [-0.05, 0) is 35.4 Å². The van der Waals surface area contributed by atoms with E-state index in [2.05, 4.69) is 10.6 Å². The highest BCUT2D eigenvalue weighted by molar-refractivity contribution is 7.14. The van der Waals surface area contributed by atoms with Gasteiger partial charge in [-0.1, -0.05) is 6.07 Å². The third-order valence-electron chi connectivity index (χ3n) is 2.33. The molecule has 2 aromatic heterocycles. The fraction of sp³-hybridized carbons (Fsp3) is 0.250. The molecule has 0 spiro atoms. The first kappa shape index (κ1) is 13.1. The fourth-order valence-corrected chi connectivity index (χ4v) is 2.81. The van der Waals surface area contributed by atoms with Crippen molar-refractivity contribution in [1.82, 2.24) is 5.32 Å². The molecule has 2 heterocycles. The molecule has 3 N–H and O–H groups in total. The predicted molar refractivity (Wildman–Crippen MR) is 75.2 cm³/mol. The van der Waals surface area contributed by atoms with Crippen LogP contribution in [-0.2, 0) is 0 Å².